The fourth-order valence-electron chi connectivity index (χ4n) is 5.31. The van der Waals surface area contributed by atoms with E-state index in [4.69, 9.17) is 14.6 Å². The lowest BCUT2D eigenvalue weighted by molar-refractivity contribution is -0.252. The Hall–Kier alpha value is -4.05. The molecular formula is C33H37N3O6. The highest BCUT2D eigenvalue weighted by molar-refractivity contribution is 5.90. The Kier molecular flexibility index (Phi) is 9.97. The summed E-state index contributed by atoms with van der Waals surface area (Å²) in [6, 6.07) is 23.3. The summed E-state index contributed by atoms with van der Waals surface area (Å²) in [5.41, 5.74) is 5.29. The molecule has 0 saturated carbocycles. The number of aromatic nitrogens is 2. The number of hydrogen-bond acceptors (Lipinski definition) is 6. The van der Waals surface area contributed by atoms with Gasteiger partial charge < -0.3 is 29.6 Å². The molecule has 0 radical (unpaired) electrons. The largest absolute Gasteiger partial charge is 0.481 e. The maximum atomic E-state index is 12.6. The van der Waals surface area contributed by atoms with Gasteiger partial charge in [0.1, 0.15) is 0 Å². The molecule has 3 aromatic carbocycles. The minimum atomic E-state index is -0.786. The Labute approximate surface area is 245 Å². The average Bonchev–Trinajstić information content (AvgIpc) is 3.41. The number of para-hydroxylation sites is 2. The van der Waals surface area contributed by atoms with E-state index in [1.54, 1.807) is 0 Å². The number of aliphatic carboxylic acids is 1. The molecule has 0 spiro atoms. The number of aliphatic hydroxyl groups excluding tert-OH is 1. The number of anilines is 1. The van der Waals surface area contributed by atoms with Crippen LogP contribution >= 0.6 is 0 Å². The van der Waals surface area contributed by atoms with Gasteiger partial charge in [0.05, 0.1) is 42.7 Å². The fourth-order valence-corrected chi connectivity index (χ4v) is 5.31. The van der Waals surface area contributed by atoms with Crippen molar-refractivity contribution in [1.82, 2.24) is 9.55 Å². The SMILES string of the molecule is O=C(O)CCCCCCC(=O)Nc1cccc([C@@H]2O[C@H](Cn3cnc4ccccc43)C[C@H](c3ccc(CO)cc3)O2)c1. The van der Waals surface area contributed by atoms with Gasteiger partial charge in [0, 0.05) is 30.5 Å². The number of carbonyl (C=O) groups excluding carboxylic acids is 1. The summed E-state index contributed by atoms with van der Waals surface area (Å²) in [4.78, 5) is 27.7. The number of benzene rings is 3. The minimum Gasteiger partial charge on any atom is -0.481 e. The van der Waals surface area contributed by atoms with E-state index in [9.17, 15) is 14.7 Å². The maximum Gasteiger partial charge on any atom is 0.303 e. The highest BCUT2D eigenvalue weighted by Crippen LogP contribution is 2.39. The summed E-state index contributed by atoms with van der Waals surface area (Å²) in [6.07, 6.45) is 4.94. The van der Waals surface area contributed by atoms with Crippen LogP contribution in [0.25, 0.3) is 11.0 Å². The lowest BCUT2D eigenvalue weighted by atomic mass is 10.00. The van der Waals surface area contributed by atoms with Crippen molar-refractivity contribution in [3.05, 3.63) is 95.8 Å². The topological polar surface area (TPSA) is 123 Å². The van der Waals surface area contributed by atoms with Gasteiger partial charge in [0.25, 0.3) is 0 Å². The van der Waals surface area contributed by atoms with Gasteiger partial charge >= 0.3 is 5.97 Å². The second kappa shape index (κ2) is 14.2. The van der Waals surface area contributed by atoms with E-state index in [-0.39, 0.29) is 31.1 Å². The Morgan fingerprint density at radius 2 is 1.69 bits per heavy atom. The Balaban J connectivity index is 1.27. The van der Waals surface area contributed by atoms with E-state index in [1.165, 1.54) is 0 Å². The molecule has 9 heteroatoms. The quantitative estimate of drug-likeness (QED) is 0.165. The summed E-state index contributed by atoms with van der Waals surface area (Å²) < 4.78 is 15.1. The van der Waals surface area contributed by atoms with E-state index >= 15 is 0 Å². The highest BCUT2D eigenvalue weighted by atomic mass is 16.7. The maximum absolute atomic E-state index is 12.6. The van der Waals surface area contributed by atoms with Crippen LogP contribution in [-0.2, 0) is 32.2 Å². The second-order valence-corrected chi connectivity index (χ2v) is 10.7. The Morgan fingerprint density at radius 3 is 2.48 bits per heavy atom. The first-order chi connectivity index (χ1) is 20.5. The predicted molar refractivity (Wildman–Crippen MR) is 159 cm³/mol. The Bertz CT molecular complexity index is 1480. The average molecular weight is 572 g/mol. The standard InChI is InChI=1S/C33H37N3O6/c37-21-23-14-16-24(17-15-23)30-19-27(20-36-22-34-28-10-5-6-11-29(28)36)41-33(42-30)25-8-7-9-26(18-25)35-31(38)12-3-1-2-4-13-32(39)40/h5-11,14-18,22,27,30,33,37H,1-4,12-13,19-21H2,(H,35,38)(H,39,40)/t27-,30+,33+/m0/s1. The van der Waals surface area contributed by atoms with Gasteiger partial charge in [0.15, 0.2) is 6.29 Å². The molecule has 1 aliphatic rings. The molecule has 3 atom stereocenters. The van der Waals surface area contributed by atoms with Crippen molar-refractivity contribution >= 4 is 28.6 Å². The summed E-state index contributed by atoms with van der Waals surface area (Å²) in [6.45, 7) is 0.589. The van der Waals surface area contributed by atoms with E-state index < -0.39 is 12.3 Å². The summed E-state index contributed by atoms with van der Waals surface area (Å²) >= 11 is 0. The van der Waals surface area contributed by atoms with Crippen LogP contribution in [0, 0.1) is 0 Å². The van der Waals surface area contributed by atoms with Crippen molar-refractivity contribution in [3.8, 4) is 0 Å². The van der Waals surface area contributed by atoms with E-state index in [1.807, 2.05) is 79.1 Å². The van der Waals surface area contributed by atoms with E-state index in [2.05, 4.69) is 14.9 Å². The summed E-state index contributed by atoms with van der Waals surface area (Å²) in [5.74, 6) is -0.867. The molecule has 4 aromatic rings. The summed E-state index contributed by atoms with van der Waals surface area (Å²) in [5, 5.41) is 21.2. The zero-order valence-electron chi connectivity index (χ0n) is 23.5. The van der Waals surface area contributed by atoms with Gasteiger partial charge in [-0.15, -0.1) is 0 Å². The molecule has 3 N–H and O–H groups in total. The zero-order chi connectivity index (χ0) is 29.3. The number of aliphatic hydroxyl groups is 1. The van der Waals surface area contributed by atoms with Crippen LogP contribution in [0.1, 0.15) is 74.0 Å². The van der Waals surface area contributed by atoms with Crippen molar-refractivity contribution < 1.29 is 29.3 Å². The van der Waals surface area contributed by atoms with Crippen molar-refractivity contribution in [2.24, 2.45) is 0 Å². The van der Waals surface area contributed by atoms with Gasteiger partial charge in [-0.2, -0.15) is 0 Å². The minimum absolute atomic E-state index is 0.0168. The number of nitrogens with zero attached hydrogens (tertiary/aromatic N) is 2. The van der Waals surface area contributed by atoms with Gasteiger partial charge in [-0.05, 0) is 48.2 Å². The van der Waals surface area contributed by atoms with Crippen molar-refractivity contribution in [3.63, 3.8) is 0 Å². The van der Waals surface area contributed by atoms with Crippen molar-refractivity contribution in [1.29, 1.82) is 0 Å². The molecule has 42 heavy (non-hydrogen) atoms. The molecule has 1 fully saturated rings. The number of carbonyl (C=O) groups is 2. The number of amides is 1. The van der Waals surface area contributed by atoms with Crippen molar-refractivity contribution in [2.45, 2.75) is 76.6 Å². The van der Waals surface area contributed by atoms with E-state index in [0.717, 1.165) is 40.6 Å². The third-order valence-corrected chi connectivity index (χ3v) is 7.53. The Morgan fingerprint density at radius 1 is 0.905 bits per heavy atom. The predicted octanol–water partition coefficient (Wildman–Crippen LogP) is 6.14. The molecule has 9 nitrogen and oxygen atoms in total. The molecule has 2 heterocycles. The number of unbranched alkanes of at least 4 members (excludes halogenated alkanes) is 3. The van der Waals surface area contributed by atoms with E-state index in [0.29, 0.717) is 37.9 Å². The molecule has 1 amide bonds. The number of rotatable bonds is 13. The molecule has 1 aromatic heterocycles. The first kappa shape index (κ1) is 29.4. The van der Waals surface area contributed by atoms with Crippen LogP contribution < -0.4 is 5.32 Å². The normalized spacial score (nSPS) is 18.6. The summed E-state index contributed by atoms with van der Waals surface area (Å²) in [7, 11) is 0. The van der Waals surface area contributed by atoms with Gasteiger partial charge in [-0.25, -0.2) is 4.98 Å². The third-order valence-electron chi connectivity index (χ3n) is 7.53. The van der Waals surface area contributed by atoms with Crippen LogP contribution in [-0.4, -0.2) is 37.7 Å². The first-order valence-corrected chi connectivity index (χ1v) is 14.5. The lowest BCUT2D eigenvalue weighted by Crippen LogP contribution is -2.32. The van der Waals surface area contributed by atoms with Crippen LogP contribution in [0.15, 0.2) is 79.1 Å². The molecular weight excluding hydrogens is 534 g/mol. The van der Waals surface area contributed by atoms with Crippen LogP contribution in [0.4, 0.5) is 5.69 Å². The molecule has 0 unspecified atom stereocenters. The van der Waals surface area contributed by atoms with Crippen LogP contribution in [0.3, 0.4) is 0 Å². The first-order valence-electron chi connectivity index (χ1n) is 14.5. The van der Waals surface area contributed by atoms with Gasteiger partial charge in [-0.1, -0.05) is 61.4 Å². The third kappa shape index (κ3) is 7.82. The number of carboxylic acids is 1. The van der Waals surface area contributed by atoms with Gasteiger partial charge in [0.2, 0.25) is 5.91 Å². The van der Waals surface area contributed by atoms with Crippen molar-refractivity contribution in [2.75, 3.05) is 5.32 Å². The molecule has 5 rings (SSSR count). The number of fused-ring (bicyclic) bond motifs is 1. The number of imidazole rings is 1. The number of hydrogen-bond donors (Lipinski definition) is 3. The second-order valence-electron chi connectivity index (χ2n) is 10.7. The lowest BCUT2D eigenvalue weighted by Gasteiger charge is -2.36. The van der Waals surface area contributed by atoms with Gasteiger partial charge in [-0.3, -0.25) is 9.59 Å². The number of ether oxygens (including phenoxy) is 2. The molecule has 220 valence electrons. The highest BCUT2D eigenvalue weighted by Gasteiger charge is 2.32. The monoisotopic (exact) mass is 571 g/mol. The molecule has 0 aliphatic carbocycles. The smallest absolute Gasteiger partial charge is 0.303 e. The number of nitrogens with one attached hydrogen (secondary N) is 1. The van der Waals surface area contributed by atoms with Crippen LogP contribution in [0.5, 0.6) is 0 Å². The molecule has 1 saturated heterocycles. The molecule has 0 bridgehead atoms. The van der Waals surface area contributed by atoms with Crippen LogP contribution in [0.2, 0.25) is 0 Å². The fraction of sp³-hybridized carbons (Fsp3) is 0.364. The molecule has 1 aliphatic heterocycles. The number of carboxylic acid groups (broad SMARTS) is 1. The zero-order valence-corrected chi connectivity index (χ0v) is 23.5.